The molecule has 0 aliphatic heterocycles. The molecule has 0 aliphatic rings. The van der Waals surface area contributed by atoms with Crippen molar-refractivity contribution in [3.8, 4) is 0 Å². The van der Waals surface area contributed by atoms with Gasteiger partial charge in [-0.2, -0.15) is 0 Å². The predicted octanol–water partition coefficient (Wildman–Crippen LogP) is 23.1. The van der Waals surface area contributed by atoms with Crippen molar-refractivity contribution in [2.45, 2.75) is 0 Å². The third kappa shape index (κ3) is 10.7. The maximum atomic E-state index is 7.38. The van der Waals surface area contributed by atoms with Gasteiger partial charge in [-0.1, -0.05) is 180 Å². The summed E-state index contributed by atoms with van der Waals surface area (Å²) in [6.07, 6.45) is 3.63. The van der Waals surface area contributed by atoms with Crippen LogP contribution in [0.3, 0.4) is 0 Å². The van der Waals surface area contributed by atoms with Crippen molar-refractivity contribution in [1.82, 2.24) is 0 Å². The standard InChI is InChI=1S/C34H23ClN2OS.C22H13Cl2NOS.C12H11N/c35-32-28(36(24-13-4-1-5-14-24)25-15-6-2-7-16-25)20-12-21-29(32)37(26-17-8-3-9-18-26)30-23-38-33-27-19-10-11-22-31(27)39-34(30)33;23-16-10-6-11-17(20(16)24)25(14-7-2-1-3-8-14)18-13-26-21-15-9-4-5-12-19(15)27-22(18)21;1-3-7-11(8-4-1)13-12-9-5-2-6-10-12/h1-23H;1-13H;1-10,13H. The molecule has 1 N–H and O–H groups in total. The summed E-state index contributed by atoms with van der Waals surface area (Å²) in [7, 11) is 0. The van der Waals surface area contributed by atoms with Gasteiger partial charge in [0, 0.05) is 54.3 Å². The first-order chi connectivity index (χ1) is 39.0. The summed E-state index contributed by atoms with van der Waals surface area (Å²) >= 11 is 23.7. The van der Waals surface area contributed by atoms with Gasteiger partial charge in [-0.3, -0.25) is 0 Å². The normalized spacial score (nSPS) is 11.0. The van der Waals surface area contributed by atoms with Crippen molar-refractivity contribution < 1.29 is 8.83 Å². The van der Waals surface area contributed by atoms with E-state index in [1.54, 1.807) is 35.0 Å². The second-order valence-electron chi connectivity index (χ2n) is 18.1. The van der Waals surface area contributed by atoms with Crippen LogP contribution >= 0.6 is 57.5 Å². The minimum absolute atomic E-state index is 0.512. The molecule has 0 amide bonds. The van der Waals surface area contributed by atoms with Crippen molar-refractivity contribution in [2.24, 2.45) is 0 Å². The highest BCUT2D eigenvalue weighted by molar-refractivity contribution is 7.26. The van der Waals surface area contributed by atoms with Crippen LogP contribution in [0.4, 0.5) is 62.6 Å². The highest BCUT2D eigenvalue weighted by atomic mass is 35.5. The molecule has 10 aromatic carbocycles. The van der Waals surface area contributed by atoms with Crippen LogP contribution in [0.15, 0.2) is 288 Å². The molecule has 0 bridgehead atoms. The van der Waals surface area contributed by atoms with E-state index in [0.717, 1.165) is 93.9 Å². The van der Waals surface area contributed by atoms with Crippen LogP contribution in [-0.2, 0) is 0 Å². The van der Waals surface area contributed by atoms with Crippen LogP contribution in [-0.4, -0.2) is 0 Å². The average Bonchev–Trinajstić information content (AvgIpc) is 4.36. The highest BCUT2D eigenvalue weighted by Gasteiger charge is 2.27. The molecule has 0 fully saturated rings. The van der Waals surface area contributed by atoms with Gasteiger partial charge >= 0.3 is 0 Å². The number of thiophene rings is 2. The molecule has 384 valence electrons. The minimum Gasteiger partial charge on any atom is -0.460 e. The first-order valence-electron chi connectivity index (χ1n) is 25.5. The third-order valence-electron chi connectivity index (χ3n) is 13.1. The van der Waals surface area contributed by atoms with Gasteiger partial charge in [-0.05, 0) is 121 Å². The van der Waals surface area contributed by atoms with Gasteiger partial charge in [0.1, 0.15) is 23.9 Å². The fraction of sp³-hybridized carbons (Fsp3) is 0. The Labute approximate surface area is 480 Å². The van der Waals surface area contributed by atoms with Crippen molar-refractivity contribution in [1.29, 1.82) is 0 Å². The van der Waals surface area contributed by atoms with Gasteiger partial charge in [-0.15, -0.1) is 22.7 Å². The maximum absolute atomic E-state index is 7.38. The second kappa shape index (κ2) is 23.5. The molecule has 0 unspecified atom stereocenters. The average molecular weight is 1120 g/mol. The lowest BCUT2D eigenvalue weighted by Crippen LogP contribution is -2.14. The van der Waals surface area contributed by atoms with Gasteiger partial charge in [0.15, 0.2) is 11.2 Å². The lowest BCUT2D eigenvalue weighted by atomic mass is 10.1. The Balaban J connectivity index is 0.000000134. The minimum atomic E-state index is 0.512. The Bertz CT molecular complexity index is 4210. The molecule has 0 saturated carbocycles. The van der Waals surface area contributed by atoms with Gasteiger partial charge < -0.3 is 28.9 Å². The van der Waals surface area contributed by atoms with E-state index in [1.807, 2.05) is 182 Å². The van der Waals surface area contributed by atoms with Crippen LogP contribution < -0.4 is 20.0 Å². The van der Waals surface area contributed by atoms with E-state index in [0.29, 0.717) is 15.1 Å². The van der Waals surface area contributed by atoms with Crippen molar-refractivity contribution in [3.05, 3.63) is 295 Å². The Kier molecular flexibility index (Phi) is 15.2. The van der Waals surface area contributed by atoms with E-state index in [4.69, 9.17) is 43.6 Å². The number of halogens is 3. The molecule has 0 aliphatic carbocycles. The van der Waals surface area contributed by atoms with Gasteiger partial charge in [0.2, 0.25) is 0 Å². The predicted molar refractivity (Wildman–Crippen MR) is 338 cm³/mol. The van der Waals surface area contributed by atoms with Crippen LogP contribution in [0.1, 0.15) is 0 Å². The van der Waals surface area contributed by atoms with E-state index < -0.39 is 0 Å². The van der Waals surface area contributed by atoms with Crippen molar-refractivity contribution in [3.63, 3.8) is 0 Å². The Hall–Kier alpha value is -8.73. The summed E-state index contributed by atoms with van der Waals surface area (Å²) < 4.78 is 16.7. The molecule has 0 atom stereocenters. The molecule has 0 saturated heterocycles. The van der Waals surface area contributed by atoms with E-state index in [1.165, 1.54) is 9.40 Å². The second-order valence-corrected chi connectivity index (χ2v) is 21.4. The fourth-order valence-corrected chi connectivity index (χ4v) is 12.5. The topological polar surface area (TPSA) is 48.0 Å². The smallest absolute Gasteiger partial charge is 0.154 e. The molecule has 79 heavy (non-hydrogen) atoms. The van der Waals surface area contributed by atoms with Crippen LogP contribution in [0.2, 0.25) is 15.1 Å². The largest absolute Gasteiger partial charge is 0.460 e. The third-order valence-corrected chi connectivity index (χ3v) is 16.7. The summed E-state index contributed by atoms with van der Waals surface area (Å²) in [5, 5.41) is 7.22. The Morgan fingerprint density at radius 1 is 0.304 bits per heavy atom. The number of nitrogens with one attached hydrogen (secondary N) is 1. The first kappa shape index (κ1) is 51.1. The fourth-order valence-electron chi connectivity index (χ4n) is 9.54. The number of hydrogen-bond acceptors (Lipinski definition) is 8. The lowest BCUT2D eigenvalue weighted by molar-refractivity contribution is 0.619. The zero-order chi connectivity index (χ0) is 53.5. The van der Waals surface area contributed by atoms with E-state index in [9.17, 15) is 0 Å². The summed E-state index contributed by atoms with van der Waals surface area (Å²) in [5.41, 5.74) is 12.6. The number of para-hydroxylation sites is 6. The quantitative estimate of drug-likeness (QED) is 0.139. The first-order valence-corrected chi connectivity index (χ1v) is 28.2. The number of furan rings is 2. The molecule has 4 aromatic heterocycles. The van der Waals surface area contributed by atoms with E-state index in [-0.39, 0.29) is 0 Å². The number of hydrogen-bond donors (Lipinski definition) is 1. The van der Waals surface area contributed by atoms with E-state index in [2.05, 4.69) is 105 Å². The highest BCUT2D eigenvalue weighted by Crippen LogP contribution is 2.51. The summed E-state index contributed by atoms with van der Waals surface area (Å²) in [5.74, 6) is 0. The van der Waals surface area contributed by atoms with Crippen LogP contribution in [0.25, 0.3) is 40.7 Å². The van der Waals surface area contributed by atoms with Gasteiger partial charge in [0.25, 0.3) is 0 Å². The Morgan fingerprint density at radius 2 is 0.633 bits per heavy atom. The monoisotopic (exact) mass is 1120 g/mol. The van der Waals surface area contributed by atoms with Crippen molar-refractivity contribution >= 4 is 161 Å². The SMILES string of the molecule is Clc1c(N(c2ccccc2)c2ccccc2)cccc1N(c1ccccc1)c1coc2c1sc1ccccc12.Clc1cccc(N(c2ccccc2)c2coc3c2sc2ccccc23)c1Cl.c1ccc(Nc2ccccc2)cc1. The molecule has 14 rings (SSSR count). The number of benzene rings is 10. The summed E-state index contributed by atoms with van der Waals surface area (Å²) in [6.45, 7) is 0. The number of nitrogens with zero attached hydrogens (tertiary/aromatic N) is 3. The zero-order valence-corrected chi connectivity index (χ0v) is 46.1. The molecule has 0 spiro atoms. The molecule has 11 heteroatoms. The molecular weight excluding hydrogens is 1080 g/mol. The number of rotatable bonds is 11. The lowest BCUT2D eigenvalue weighted by Gasteiger charge is -2.30. The summed E-state index contributed by atoms with van der Waals surface area (Å²) in [4.78, 5) is 6.48. The van der Waals surface area contributed by atoms with Crippen molar-refractivity contribution in [2.75, 3.05) is 20.0 Å². The molecule has 0 radical (unpaired) electrons. The molecule has 4 heterocycles. The van der Waals surface area contributed by atoms with Gasteiger partial charge in [-0.25, -0.2) is 0 Å². The molecule has 6 nitrogen and oxygen atoms in total. The van der Waals surface area contributed by atoms with Gasteiger partial charge in [0.05, 0.1) is 41.5 Å². The van der Waals surface area contributed by atoms with Crippen LogP contribution in [0.5, 0.6) is 0 Å². The molecule has 14 aromatic rings. The summed E-state index contributed by atoms with van der Waals surface area (Å²) in [6, 6.07) is 89.8. The van der Waals surface area contributed by atoms with Crippen LogP contribution in [0, 0.1) is 0 Å². The number of anilines is 11. The number of fused-ring (bicyclic) bond motifs is 6. The molecular formula is C68H47Cl3N4O2S2. The Morgan fingerprint density at radius 3 is 1.05 bits per heavy atom. The van der Waals surface area contributed by atoms with E-state index >= 15 is 0 Å². The maximum Gasteiger partial charge on any atom is 0.154 e. The zero-order valence-electron chi connectivity index (χ0n) is 42.2.